The summed E-state index contributed by atoms with van der Waals surface area (Å²) in [5.41, 5.74) is 3.70. The molecule has 0 saturated heterocycles. The van der Waals surface area contributed by atoms with E-state index in [2.05, 4.69) is 10.6 Å². The summed E-state index contributed by atoms with van der Waals surface area (Å²) >= 11 is 0. The zero-order chi connectivity index (χ0) is 18.6. The van der Waals surface area contributed by atoms with Gasteiger partial charge < -0.3 is 15.2 Å². The number of aryl methyl sites for hydroxylation is 3. The molecule has 0 unspecified atom stereocenters. The number of hydrogen-bond acceptors (Lipinski definition) is 3. The Kier molecular flexibility index (Phi) is 5.75. The fourth-order valence-electron chi connectivity index (χ4n) is 2.75. The number of pyridine rings is 1. The Morgan fingerprint density at radius 2 is 1.68 bits per heavy atom. The number of nitrogens with one attached hydrogen (secondary N) is 2. The number of rotatable bonds is 5. The molecule has 2 amide bonds. The van der Waals surface area contributed by atoms with Crippen molar-refractivity contribution < 1.29 is 9.59 Å². The third-order valence-corrected chi connectivity index (χ3v) is 3.94. The summed E-state index contributed by atoms with van der Waals surface area (Å²) in [4.78, 5) is 35.2. The van der Waals surface area contributed by atoms with E-state index in [4.69, 9.17) is 0 Å². The van der Waals surface area contributed by atoms with Crippen LogP contribution in [0.2, 0.25) is 0 Å². The van der Waals surface area contributed by atoms with Crippen LogP contribution >= 0.6 is 0 Å². The van der Waals surface area contributed by atoms with Crippen LogP contribution in [0.15, 0.2) is 35.1 Å². The molecule has 2 aromatic rings. The first-order valence-electron chi connectivity index (χ1n) is 8.18. The maximum atomic E-state index is 12.5. The van der Waals surface area contributed by atoms with Gasteiger partial charge in [-0.05, 0) is 38.0 Å². The minimum absolute atomic E-state index is 0.0667. The van der Waals surface area contributed by atoms with E-state index in [1.807, 2.05) is 19.1 Å². The van der Waals surface area contributed by atoms with Crippen LogP contribution in [-0.2, 0) is 22.6 Å². The molecule has 0 bridgehead atoms. The van der Waals surface area contributed by atoms with Gasteiger partial charge in [0.25, 0.3) is 0 Å². The third kappa shape index (κ3) is 4.79. The SMILES string of the molecule is CCc1ccc(NC(C)=O)cc1NC(=O)Cn1c(C)cc(=O)cc1C. The van der Waals surface area contributed by atoms with Gasteiger partial charge in [-0.2, -0.15) is 0 Å². The van der Waals surface area contributed by atoms with Crippen LogP contribution in [0.3, 0.4) is 0 Å². The highest BCUT2D eigenvalue weighted by Gasteiger charge is 2.11. The molecular weight excluding hydrogens is 318 g/mol. The average molecular weight is 341 g/mol. The predicted molar refractivity (Wildman–Crippen MR) is 98.9 cm³/mol. The molecule has 0 aliphatic heterocycles. The summed E-state index contributed by atoms with van der Waals surface area (Å²) in [6, 6.07) is 8.47. The average Bonchev–Trinajstić information content (AvgIpc) is 2.50. The van der Waals surface area contributed by atoms with E-state index in [1.165, 1.54) is 19.1 Å². The molecule has 1 heterocycles. The van der Waals surface area contributed by atoms with E-state index in [9.17, 15) is 14.4 Å². The van der Waals surface area contributed by atoms with Crippen LogP contribution in [0.1, 0.15) is 30.8 Å². The minimum atomic E-state index is -0.190. The highest BCUT2D eigenvalue weighted by Crippen LogP contribution is 2.22. The van der Waals surface area contributed by atoms with Gasteiger partial charge in [0.05, 0.1) is 0 Å². The molecule has 2 rings (SSSR count). The van der Waals surface area contributed by atoms with Crippen molar-refractivity contribution in [2.45, 2.75) is 40.7 Å². The second-order valence-corrected chi connectivity index (χ2v) is 6.01. The number of benzene rings is 1. The molecule has 25 heavy (non-hydrogen) atoms. The Hall–Kier alpha value is -2.89. The van der Waals surface area contributed by atoms with Crippen molar-refractivity contribution in [1.82, 2.24) is 4.57 Å². The molecule has 0 saturated carbocycles. The zero-order valence-electron chi connectivity index (χ0n) is 15.0. The van der Waals surface area contributed by atoms with E-state index in [0.29, 0.717) is 11.4 Å². The highest BCUT2D eigenvalue weighted by molar-refractivity contribution is 5.94. The molecule has 1 aromatic carbocycles. The highest BCUT2D eigenvalue weighted by atomic mass is 16.2. The summed E-state index contributed by atoms with van der Waals surface area (Å²) in [7, 11) is 0. The Morgan fingerprint density at radius 1 is 1.04 bits per heavy atom. The molecule has 0 fully saturated rings. The zero-order valence-corrected chi connectivity index (χ0v) is 15.0. The van der Waals surface area contributed by atoms with Gasteiger partial charge in [-0.15, -0.1) is 0 Å². The van der Waals surface area contributed by atoms with Gasteiger partial charge in [0.1, 0.15) is 6.54 Å². The van der Waals surface area contributed by atoms with Crippen LogP contribution < -0.4 is 16.1 Å². The molecule has 0 radical (unpaired) electrons. The molecule has 0 atom stereocenters. The molecule has 2 N–H and O–H groups in total. The second kappa shape index (κ2) is 7.79. The van der Waals surface area contributed by atoms with E-state index < -0.39 is 0 Å². The van der Waals surface area contributed by atoms with Gasteiger partial charge in [-0.3, -0.25) is 14.4 Å². The first-order chi connectivity index (χ1) is 11.8. The van der Waals surface area contributed by atoms with Crippen LogP contribution in [0, 0.1) is 13.8 Å². The van der Waals surface area contributed by atoms with Gasteiger partial charge in [-0.25, -0.2) is 0 Å². The van der Waals surface area contributed by atoms with Gasteiger partial charge in [0.15, 0.2) is 5.43 Å². The first-order valence-corrected chi connectivity index (χ1v) is 8.18. The number of anilines is 2. The summed E-state index contributed by atoms with van der Waals surface area (Å²) in [5, 5.41) is 5.62. The first kappa shape index (κ1) is 18.4. The van der Waals surface area contributed by atoms with Crippen molar-refractivity contribution >= 4 is 23.2 Å². The summed E-state index contributed by atoms with van der Waals surface area (Å²) in [6.45, 7) is 7.16. The Morgan fingerprint density at radius 3 is 2.24 bits per heavy atom. The van der Waals surface area contributed by atoms with Crippen molar-refractivity contribution in [3.05, 3.63) is 57.5 Å². The van der Waals surface area contributed by atoms with E-state index in [1.54, 1.807) is 24.5 Å². The van der Waals surface area contributed by atoms with Crippen molar-refractivity contribution in [2.75, 3.05) is 10.6 Å². The maximum absolute atomic E-state index is 12.5. The van der Waals surface area contributed by atoms with Crippen LogP contribution in [0.4, 0.5) is 11.4 Å². The molecule has 6 heteroatoms. The molecule has 1 aromatic heterocycles. The fourth-order valence-corrected chi connectivity index (χ4v) is 2.75. The summed E-state index contributed by atoms with van der Waals surface area (Å²) in [6.07, 6.45) is 0.756. The molecular formula is C19H23N3O3. The van der Waals surface area contributed by atoms with E-state index in [-0.39, 0.29) is 23.8 Å². The number of nitrogens with zero attached hydrogens (tertiary/aromatic N) is 1. The minimum Gasteiger partial charge on any atom is -0.340 e. The molecule has 0 aliphatic rings. The van der Waals surface area contributed by atoms with Crippen molar-refractivity contribution in [1.29, 1.82) is 0 Å². The molecule has 0 aliphatic carbocycles. The summed E-state index contributed by atoms with van der Waals surface area (Å²) < 4.78 is 1.79. The number of aromatic nitrogens is 1. The lowest BCUT2D eigenvalue weighted by molar-refractivity contribution is -0.117. The Labute approximate surface area is 146 Å². The lowest BCUT2D eigenvalue weighted by atomic mass is 10.1. The van der Waals surface area contributed by atoms with Crippen molar-refractivity contribution in [3.8, 4) is 0 Å². The van der Waals surface area contributed by atoms with Gasteiger partial charge in [0.2, 0.25) is 11.8 Å². The number of amides is 2. The van der Waals surface area contributed by atoms with Gasteiger partial charge in [0, 0.05) is 41.8 Å². The Balaban J connectivity index is 2.22. The maximum Gasteiger partial charge on any atom is 0.244 e. The third-order valence-electron chi connectivity index (χ3n) is 3.94. The van der Waals surface area contributed by atoms with Crippen molar-refractivity contribution in [2.24, 2.45) is 0 Å². The fraction of sp³-hybridized carbons (Fsp3) is 0.316. The molecule has 132 valence electrons. The Bertz CT molecular complexity index is 842. The van der Waals surface area contributed by atoms with Crippen molar-refractivity contribution in [3.63, 3.8) is 0 Å². The van der Waals surface area contributed by atoms with Crippen LogP contribution in [0.5, 0.6) is 0 Å². The van der Waals surface area contributed by atoms with Gasteiger partial charge in [-0.1, -0.05) is 13.0 Å². The number of hydrogen-bond donors (Lipinski definition) is 2. The van der Waals surface area contributed by atoms with E-state index in [0.717, 1.165) is 23.4 Å². The number of carbonyl (C=O) groups excluding carboxylic acids is 2. The normalized spacial score (nSPS) is 10.4. The molecule has 0 spiro atoms. The molecule has 6 nitrogen and oxygen atoms in total. The van der Waals surface area contributed by atoms with E-state index >= 15 is 0 Å². The second-order valence-electron chi connectivity index (χ2n) is 6.01. The quantitative estimate of drug-likeness (QED) is 0.877. The lowest BCUT2D eigenvalue weighted by Gasteiger charge is -2.16. The number of carbonyl (C=O) groups is 2. The lowest BCUT2D eigenvalue weighted by Crippen LogP contribution is -2.23. The van der Waals surface area contributed by atoms with Crippen LogP contribution in [-0.4, -0.2) is 16.4 Å². The monoisotopic (exact) mass is 341 g/mol. The standard InChI is InChI=1S/C19H23N3O3/c1-5-15-6-7-16(20-14(4)23)10-18(15)21-19(25)11-22-12(2)8-17(24)9-13(22)3/h6-10H,5,11H2,1-4H3,(H,20,23)(H,21,25). The predicted octanol–water partition coefficient (Wildman–Crippen LogP) is 2.62. The smallest absolute Gasteiger partial charge is 0.244 e. The van der Waals surface area contributed by atoms with Gasteiger partial charge >= 0.3 is 0 Å². The summed E-state index contributed by atoms with van der Waals surface area (Å²) in [5.74, 6) is -0.356. The largest absolute Gasteiger partial charge is 0.340 e. The topological polar surface area (TPSA) is 80.2 Å². The van der Waals surface area contributed by atoms with Crippen LogP contribution in [0.25, 0.3) is 0 Å².